The second-order valence-electron chi connectivity index (χ2n) is 5.29. The largest absolute Gasteiger partial charge is 0.480 e. The molecule has 9 heteroatoms. The molecule has 0 unspecified atom stereocenters. The van der Waals surface area contributed by atoms with Crippen molar-refractivity contribution >= 4 is 5.97 Å². The highest BCUT2D eigenvalue weighted by Crippen LogP contribution is 2.44. The van der Waals surface area contributed by atoms with E-state index in [0.29, 0.717) is 10.7 Å². The van der Waals surface area contributed by atoms with Crippen LogP contribution in [0.3, 0.4) is 0 Å². The number of carbonyl (C=O) groups is 1. The first-order valence-electron chi connectivity index (χ1n) is 5.52. The molecule has 0 saturated heterocycles. The Morgan fingerprint density at radius 3 is 2.10 bits per heavy atom. The van der Waals surface area contributed by atoms with Crippen LogP contribution in [0, 0.1) is 0 Å². The number of aromatic nitrogens is 2. The van der Waals surface area contributed by atoms with E-state index in [1.165, 1.54) is 0 Å². The topological polar surface area (TPSA) is 55.1 Å². The lowest BCUT2D eigenvalue weighted by Gasteiger charge is -2.19. The number of alkyl halides is 5. The van der Waals surface area contributed by atoms with E-state index in [0.717, 1.165) is 0 Å². The van der Waals surface area contributed by atoms with Gasteiger partial charge in [0.25, 0.3) is 0 Å². The quantitative estimate of drug-likeness (QED) is 0.873. The van der Waals surface area contributed by atoms with E-state index in [1.807, 2.05) is 0 Å². The predicted octanol–water partition coefficient (Wildman–Crippen LogP) is 2.92. The van der Waals surface area contributed by atoms with Gasteiger partial charge in [-0.15, -0.1) is 0 Å². The zero-order valence-electron chi connectivity index (χ0n) is 10.9. The van der Waals surface area contributed by atoms with Gasteiger partial charge in [0, 0.05) is 11.1 Å². The first kappa shape index (κ1) is 16.4. The van der Waals surface area contributed by atoms with Crippen LogP contribution < -0.4 is 0 Å². The third-order valence-corrected chi connectivity index (χ3v) is 2.51. The van der Waals surface area contributed by atoms with Gasteiger partial charge in [-0.2, -0.15) is 27.1 Å². The summed E-state index contributed by atoms with van der Waals surface area (Å²) in [5, 5.41) is 11.8. The van der Waals surface area contributed by atoms with E-state index in [4.69, 9.17) is 5.11 Å². The number of nitrogens with zero attached hydrogens (tertiary/aromatic N) is 2. The molecule has 1 heterocycles. The fourth-order valence-electron chi connectivity index (χ4n) is 1.57. The zero-order chi connectivity index (χ0) is 15.9. The Balaban J connectivity index is 3.39. The molecule has 20 heavy (non-hydrogen) atoms. The van der Waals surface area contributed by atoms with Crippen molar-refractivity contribution in [1.29, 1.82) is 0 Å². The van der Waals surface area contributed by atoms with Gasteiger partial charge < -0.3 is 5.11 Å². The molecule has 0 saturated carbocycles. The van der Waals surface area contributed by atoms with Gasteiger partial charge in [-0.25, -0.2) is 0 Å². The molecule has 114 valence electrons. The minimum Gasteiger partial charge on any atom is -0.480 e. The van der Waals surface area contributed by atoms with Gasteiger partial charge in [-0.3, -0.25) is 9.48 Å². The number of rotatable bonds is 3. The zero-order valence-corrected chi connectivity index (χ0v) is 10.9. The van der Waals surface area contributed by atoms with E-state index in [1.54, 1.807) is 20.8 Å². The number of aliphatic carboxylic acids is 1. The third-order valence-electron chi connectivity index (χ3n) is 2.51. The van der Waals surface area contributed by atoms with Crippen LogP contribution in [0.25, 0.3) is 0 Å². The van der Waals surface area contributed by atoms with Gasteiger partial charge in [0.15, 0.2) is 0 Å². The molecule has 0 aliphatic rings. The van der Waals surface area contributed by atoms with Crippen molar-refractivity contribution in [3.8, 4) is 0 Å². The average molecular weight is 300 g/mol. The highest BCUT2D eigenvalue weighted by Gasteiger charge is 2.60. The van der Waals surface area contributed by atoms with Crippen LogP contribution in [0.15, 0.2) is 6.07 Å². The van der Waals surface area contributed by atoms with Crippen LogP contribution in [0.4, 0.5) is 22.0 Å². The maximum atomic E-state index is 13.2. The normalized spacial score (nSPS) is 13.6. The number of halogens is 5. The molecule has 0 spiro atoms. The summed E-state index contributed by atoms with van der Waals surface area (Å²) in [5.74, 6) is -6.52. The van der Waals surface area contributed by atoms with Gasteiger partial charge in [-0.1, -0.05) is 20.8 Å². The van der Waals surface area contributed by atoms with E-state index < -0.39 is 35.7 Å². The molecule has 0 bridgehead atoms. The van der Waals surface area contributed by atoms with Crippen LogP contribution in [-0.2, 0) is 22.7 Å². The number of hydrogen-bond acceptors (Lipinski definition) is 2. The summed E-state index contributed by atoms with van der Waals surface area (Å²) < 4.78 is 64.0. The molecule has 1 rings (SSSR count). The summed E-state index contributed by atoms with van der Waals surface area (Å²) in [5.41, 5.74) is -2.35. The van der Waals surface area contributed by atoms with Crippen molar-refractivity contribution in [2.75, 3.05) is 0 Å². The molecule has 0 aromatic carbocycles. The van der Waals surface area contributed by atoms with Crippen LogP contribution >= 0.6 is 0 Å². The van der Waals surface area contributed by atoms with Crippen molar-refractivity contribution in [2.24, 2.45) is 0 Å². The van der Waals surface area contributed by atoms with Crippen molar-refractivity contribution in [3.05, 3.63) is 17.5 Å². The molecule has 1 N–H and O–H groups in total. The molecule has 0 amide bonds. The van der Waals surface area contributed by atoms with Gasteiger partial charge >= 0.3 is 18.1 Å². The Morgan fingerprint density at radius 1 is 1.25 bits per heavy atom. The molecule has 0 aliphatic carbocycles. The minimum absolute atomic E-state index is 0.0150. The lowest BCUT2D eigenvalue weighted by molar-refractivity contribution is -0.291. The monoisotopic (exact) mass is 300 g/mol. The van der Waals surface area contributed by atoms with Gasteiger partial charge in [0.2, 0.25) is 0 Å². The Kier molecular flexibility index (Phi) is 3.86. The van der Waals surface area contributed by atoms with Crippen molar-refractivity contribution in [2.45, 2.75) is 44.8 Å². The number of carboxylic acids is 1. The van der Waals surface area contributed by atoms with Crippen LogP contribution in [0.1, 0.15) is 32.2 Å². The second-order valence-corrected chi connectivity index (χ2v) is 5.29. The summed E-state index contributed by atoms with van der Waals surface area (Å²) in [4.78, 5) is 10.6. The third kappa shape index (κ3) is 3.07. The smallest absolute Gasteiger partial charge is 0.459 e. The summed E-state index contributed by atoms with van der Waals surface area (Å²) in [7, 11) is 0. The van der Waals surface area contributed by atoms with Crippen molar-refractivity contribution in [1.82, 2.24) is 9.78 Å². The van der Waals surface area contributed by atoms with E-state index in [9.17, 15) is 26.7 Å². The lowest BCUT2D eigenvalue weighted by Crippen LogP contribution is -2.34. The predicted molar refractivity (Wildman–Crippen MR) is 58.5 cm³/mol. The van der Waals surface area contributed by atoms with Crippen molar-refractivity contribution < 1.29 is 31.9 Å². The number of carboxylic acid groups (broad SMARTS) is 1. The van der Waals surface area contributed by atoms with Crippen LogP contribution in [0.5, 0.6) is 0 Å². The van der Waals surface area contributed by atoms with Crippen LogP contribution in [-0.4, -0.2) is 27.0 Å². The highest BCUT2D eigenvalue weighted by atomic mass is 19.4. The maximum Gasteiger partial charge on any atom is 0.459 e. The van der Waals surface area contributed by atoms with E-state index in [2.05, 4.69) is 5.10 Å². The number of hydrogen-bond donors (Lipinski definition) is 1. The SMILES string of the molecule is CC(C)(C)c1cc(C(F)(F)C(F)(F)F)nn1CC(=O)O. The molecular weight excluding hydrogens is 287 g/mol. The molecule has 0 radical (unpaired) electrons. The molecule has 0 fully saturated rings. The first-order chi connectivity index (χ1) is 8.76. The second kappa shape index (κ2) is 4.71. The Hall–Kier alpha value is -1.67. The standard InChI is InChI=1S/C11H13F5N2O2/c1-9(2,3)7-4-6(10(12,13)11(14,15)16)17-18(7)5-8(19)20/h4H,5H2,1-3H3,(H,19,20). The first-order valence-corrected chi connectivity index (χ1v) is 5.52. The maximum absolute atomic E-state index is 13.2. The summed E-state index contributed by atoms with van der Waals surface area (Å²) in [6.45, 7) is 3.87. The Labute approximate surface area is 111 Å². The van der Waals surface area contributed by atoms with Gasteiger partial charge in [0.05, 0.1) is 0 Å². The summed E-state index contributed by atoms with van der Waals surface area (Å²) >= 11 is 0. The molecule has 4 nitrogen and oxygen atoms in total. The molecule has 0 aliphatic heterocycles. The van der Waals surface area contributed by atoms with E-state index in [-0.39, 0.29) is 5.69 Å². The molecule has 1 aromatic rings. The van der Waals surface area contributed by atoms with Crippen molar-refractivity contribution in [3.63, 3.8) is 0 Å². The van der Waals surface area contributed by atoms with E-state index >= 15 is 0 Å². The summed E-state index contributed by atoms with van der Waals surface area (Å²) in [6.07, 6.45) is -5.79. The fourth-order valence-corrected chi connectivity index (χ4v) is 1.57. The molecule has 1 aromatic heterocycles. The minimum atomic E-state index is -5.79. The highest BCUT2D eigenvalue weighted by molar-refractivity contribution is 5.66. The van der Waals surface area contributed by atoms with Crippen LogP contribution in [0.2, 0.25) is 0 Å². The Morgan fingerprint density at radius 2 is 1.75 bits per heavy atom. The van der Waals surface area contributed by atoms with Gasteiger partial charge in [-0.05, 0) is 6.07 Å². The average Bonchev–Trinajstić information content (AvgIpc) is 2.58. The molecule has 0 atom stereocenters. The summed E-state index contributed by atoms with van der Waals surface area (Å²) in [6, 6.07) is 0.594. The fraction of sp³-hybridized carbons (Fsp3) is 0.636. The lowest BCUT2D eigenvalue weighted by atomic mass is 9.91. The molecular formula is C11H13F5N2O2. The van der Waals surface area contributed by atoms with Gasteiger partial charge in [0.1, 0.15) is 12.2 Å². The Bertz CT molecular complexity index is 514.